The van der Waals surface area contributed by atoms with E-state index in [1.165, 1.54) is 11.1 Å². The van der Waals surface area contributed by atoms with Gasteiger partial charge in [-0.25, -0.2) is 0 Å². The first-order valence-corrected chi connectivity index (χ1v) is 7.73. The molecule has 2 N–H and O–H groups in total. The van der Waals surface area contributed by atoms with Crippen LogP contribution in [0.4, 0.5) is 0 Å². The molecule has 0 aliphatic heterocycles. The number of aryl methyl sites for hydroxylation is 2. The first kappa shape index (κ1) is 17.7. The number of carbonyl (C=O) groups excluding carboxylic acids is 1. The Morgan fingerprint density at radius 1 is 1.29 bits per heavy atom. The molecule has 1 unspecified atom stereocenters. The van der Waals surface area contributed by atoms with Gasteiger partial charge in [0.2, 0.25) is 5.91 Å². The largest absolute Gasteiger partial charge is 0.392 e. The molecule has 21 heavy (non-hydrogen) atoms. The fourth-order valence-electron chi connectivity index (χ4n) is 2.56. The molecule has 1 rings (SSSR count). The van der Waals surface area contributed by atoms with Crippen LogP contribution in [0.5, 0.6) is 0 Å². The van der Waals surface area contributed by atoms with Crippen molar-refractivity contribution in [3.8, 4) is 0 Å². The highest BCUT2D eigenvalue weighted by Crippen LogP contribution is 2.25. The van der Waals surface area contributed by atoms with Gasteiger partial charge in [-0.1, -0.05) is 52.0 Å². The summed E-state index contributed by atoms with van der Waals surface area (Å²) in [6.45, 7) is 10.5. The van der Waals surface area contributed by atoms with E-state index >= 15 is 0 Å². The molecule has 3 nitrogen and oxygen atoms in total. The first-order chi connectivity index (χ1) is 9.74. The highest BCUT2D eigenvalue weighted by molar-refractivity contribution is 5.76. The van der Waals surface area contributed by atoms with Gasteiger partial charge in [-0.3, -0.25) is 4.79 Å². The van der Waals surface area contributed by atoms with E-state index in [9.17, 15) is 9.90 Å². The van der Waals surface area contributed by atoms with Crippen molar-refractivity contribution in [3.63, 3.8) is 0 Å². The van der Waals surface area contributed by atoms with Crippen LogP contribution in [0, 0.1) is 18.3 Å². The molecule has 0 aliphatic carbocycles. The van der Waals surface area contributed by atoms with Crippen molar-refractivity contribution >= 4 is 5.91 Å². The van der Waals surface area contributed by atoms with E-state index in [4.69, 9.17) is 0 Å². The molecule has 0 heterocycles. The molecule has 0 spiro atoms. The molecular weight excluding hydrogens is 262 g/mol. The van der Waals surface area contributed by atoms with Gasteiger partial charge in [0.15, 0.2) is 0 Å². The zero-order valence-electron chi connectivity index (χ0n) is 13.9. The van der Waals surface area contributed by atoms with Crippen LogP contribution in [0.3, 0.4) is 0 Å². The summed E-state index contributed by atoms with van der Waals surface area (Å²) in [7, 11) is 0. The monoisotopic (exact) mass is 291 g/mol. The predicted molar refractivity (Wildman–Crippen MR) is 87.1 cm³/mol. The van der Waals surface area contributed by atoms with Crippen molar-refractivity contribution in [2.45, 2.75) is 53.6 Å². The fraction of sp³-hybridized carbons (Fsp3) is 0.611. The van der Waals surface area contributed by atoms with E-state index in [1.807, 2.05) is 39.8 Å². The molecule has 1 aromatic rings. The maximum absolute atomic E-state index is 12.0. The number of rotatable bonds is 7. The van der Waals surface area contributed by atoms with E-state index in [2.05, 4.69) is 24.4 Å². The Hall–Kier alpha value is -1.35. The molecule has 118 valence electrons. The van der Waals surface area contributed by atoms with Crippen molar-refractivity contribution in [2.24, 2.45) is 11.3 Å². The quantitative estimate of drug-likeness (QED) is 0.811. The third-order valence-electron chi connectivity index (χ3n) is 4.06. The number of aliphatic hydroxyl groups is 1. The highest BCUT2D eigenvalue weighted by atomic mass is 16.3. The number of amides is 1. The van der Waals surface area contributed by atoms with Crippen LogP contribution in [0.1, 0.15) is 45.2 Å². The maximum Gasteiger partial charge on any atom is 0.220 e. The van der Waals surface area contributed by atoms with E-state index in [0.717, 1.165) is 6.42 Å². The minimum atomic E-state index is -0.422. The number of hydrogen-bond donors (Lipinski definition) is 2. The summed E-state index contributed by atoms with van der Waals surface area (Å²) >= 11 is 0. The Bertz CT molecular complexity index is 466. The number of hydrogen-bond acceptors (Lipinski definition) is 2. The third-order valence-corrected chi connectivity index (χ3v) is 4.06. The van der Waals surface area contributed by atoms with E-state index < -0.39 is 6.10 Å². The van der Waals surface area contributed by atoms with Crippen molar-refractivity contribution in [1.82, 2.24) is 5.32 Å². The second kappa shape index (κ2) is 7.60. The van der Waals surface area contributed by atoms with Crippen molar-refractivity contribution < 1.29 is 9.90 Å². The minimum absolute atomic E-state index is 0.0438. The molecule has 0 aromatic heterocycles. The van der Waals surface area contributed by atoms with Crippen LogP contribution in [0.2, 0.25) is 0 Å². The van der Waals surface area contributed by atoms with Crippen LogP contribution < -0.4 is 5.32 Å². The molecule has 0 radical (unpaired) electrons. The zero-order chi connectivity index (χ0) is 16.0. The Kier molecular flexibility index (Phi) is 6.41. The van der Waals surface area contributed by atoms with Crippen LogP contribution in [0.25, 0.3) is 0 Å². The van der Waals surface area contributed by atoms with Gasteiger partial charge in [-0.2, -0.15) is 0 Å². The molecule has 3 heteroatoms. The lowest BCUT2D eigenvalue weighted by Crippen LogP contribution is -2.43. The summed E-state index contributed by atoms with van der Waals surface area (Å²) in [5, 5.41) is 13.1. The van der Waals surface area contributed by atoms with Gasteiger partial charge in [-0.05, 0) is 30.4 Å². The van der Waals surface area contributed by atoms with Crippen LogP contribution in [-0.2, 0) is 11.2 Å². The summed E-state index contributed by atoms with van der Waals surface area (Å²) in [6.07, 6.45) is 0.818. The maximum atomic E-state index is 12.0. The normalized spacial score (nSPS) is 13.3. The molecule has 0 aliphatic rings. The third kappa shape index (κ3) is 5.50. The molecule has 0 saturated carbocycles. The van der Waals surface area contributed by atoms with Crippen molar-refractivity contribution in [1.29, 1.82) is 0 Å². The molecule has 1 amide bonds. The van der Waals surface area contributed by atoms with Gasteiger partial charge in [0.05, 0.1) is 6.10 Å². The average Bonchev–Trinajstić information content (AvgIpc) is 2.43. The Morgan fingerprint density at radius 3 is 2.48 bits per heavy atom. The van der Waals surface area contributed by atoms with Crippen molar-refractivity contribution in [2.75, 3.05) is 6.54 Å². The van der Waals surface area contributed by atoms with E-state index in [-0.39, 0.29) is 17.2 Å². The van der Waals surface area contributed by atoms with Crippen LogP contribution in [-0.4, -0.2) is 23.7 Å². The first-order valence-electron chi connectivity index (χ1n) is 7.73. The summed E-state index contributed by atoms with van der Waals surface area (Å²) in [5.41, 5.74) is 2.13. The summed E-state index contributed by atoms with van der Waals surface area (Å²) < 4.78 is 0. The second-order valence-electron chi connectivity index (χ2n) is 6.88. The Labute approximate surface area is 128 Å². The van der Waals surface area contributed by atoms with Crippen LogP contribution in [0.15, 0.2) is 24.3 Å². The number of aliphatic hydroxyl groups excluding tert-OH is 1. The zero-order valence-corrected chi connectivity index (χ0v) is 13.9. The predicted octanol–water partition coefficient (Wildman–Crippen LogP) is 3.09. The number of nitrogens with one attached hydrogen (secondary N) is 1. The lowest BCUT2D eigenvalue weighted by molar-refractivity contribution is -0.122. The molecule has 1 aromatic carbocycles. The van der Waals surface area contributed by atoms with E-state index in [1.54, 1.807) is 0 Å². The molecule has 0 bridgehead atoms. The van der Waals surface area contributed by atoms with Crippen LogP contribution >= 0.6 is 0 Å². The van der Waals surface area contributed by atoms with Gasteiger partial charge in [-0.15, -0.1) is 0 Å². The van der Waals surface area contributed by atoms with Gasteiger partial charge in [0.25, 0.3) is 0 Å². The number of benzene rings is 1. The average molecular weight is 291 g/mol. The Balaban J connectivity index is 2.43. The molecule has 0 fully saturated rings. The van der Waals surface area contributed by atoms with Gasteiger partial charge in [0, 0.05) is 18.4 Å². The second-order valence-corrected chi connectivity index (χ2v) is 6.88. The molecular formula is C18H29NO2. The molecule has 0 saturated heterocycles. The van der Waals surface area contributed by atoms with Gasteiger partial charge >= 0.3 is 0 Å². The summed E-state index contributed by atoms with van der Waals surface area (Å²) in [6, 6.07) is 8.14. The summed E-state index contributed by atoms with van der Waals surface area (Å²) in [5.74, 6) is 0.228. The fourth-order valence-corrected chi connectivity index (χ4v) is 2.56. The molecule has 1 atom stereocenters. The minimum Gasteiger partial charge on any atom is -0.392 e. The van der Waals surface area contributed by atoms with Gasteiger partial charge < -0.3 is 10.4 Å². The van der Waals surface area contributed by atoms with Crippen molar-refractivity contribution in [3.05, 3.63) is 35.4 Å². The smallest absolute Gasteiger partial charge is 0.220 e. The lowest BCUT2D eigenvalue weighted by atomic mass is 9.80. The van der Waals surface area contributed by atoms with E-state index in [0.29, 0.717) is 13.0 Å². The lowest BCUT2D eigenvalue weighted by Gasteiger charge is -2.33. The highest BCUT2D eigenvalue weighted by Gasteiger charge is 2.30. The standard InChI is InChI=1S/C18H29NO2/c1-13(2)17(21)18(4,5)12-19-16(20)11-10-15-9-7-6-8-14(15)3/h6-9,13,17,21H,10-12H2,1-5H3,(H,19,20). The summed E-state index contributed by atoms with van der Waals surface area (Å²) in [4.78, 5) is 12.0. The van der Waals surface area contributed by atoms with Gasteiger partial charge in [0.1, 0.15) is 0 Å². The Morgan fingerprint density at radius 2 is 1.90 bits per heavy atom. The SMILES string of the molecule is Cc1ccccc1CCC(=O)NCC(C)(C)C(O)C(C)C. The number of carbonyl (C=O) groups is 1. The topological polar surface area (TPSA) is 49.3 Å².